The van der Waals surface area contributed by atoms with Crippen LogP contribution in [0.4, 0.5) is 0 Å². The zero-order valence-electron chi connectivity index (χ0n) is 9.57. The summed E-state index contributed by atoms with van der Waals surface area (Å²) >= 11 is 5.07. The first-order valence-corrected chi connectivity index (χ1v) is 6.69. The quantitative estimate of drug-likeness (QED) is 0.862. The molecule has 1 aromatic heterocycles. The molecular formula is C12H12BrNO2S. The number of hydrogen-bond acceptors (Lipinski definition) is 4. The van der Waals surface area contributed by atoms with Crippen LogP contribution in [-0.4, -0.2) is 19.2 Å². The average Bonchev–Trinajstić information content (AvgIpc) is 2.78. The summed E-state index contributed by atoms with van der Waals surface area (Å²) in [4.78, 5) is 4.50. The highest BCUT2D eigenvalue weighted by atomic mass is 79.9. The molecule has 90 valence electrons. The summed E-state index contributed by atoms with van der Waals surface area (Å²) in [6, 6.07) is 5.93. The first-order valence-electron chi connectivity index (χ1n) is 5.02. The lowest BCUT2D eigenvalue weighted by atomic mass is 10.2. The standard InChI is InChI=1S/C12H12BrNO2S/c1-15-6-12-14-10(7-17-12)8-3-4-11(16-2)9(13)5-8/h3-5,7H,6H2,1-2H3. The van der Waals surface area contributed by atoms with Gasteiger partial charge in [-0.15, -0.1) is 11.3 Å². The molecule has 17 heavy (non-hydrogen) atoms. The molecule has 0 saturated heterocycles. The molecule has 0 N–H and O–H groups in total. The van der Waals surface area contributed by atoms with E-state index in [1.165, 1.54) is 0 Å². The maximum Gasteiger partial charge on any atom is 0.133 e. The second-order valence-electron chi connectivity index (χ2n) is 3.41. The van der Waals surface area contributed by atoms with E-state index in [0.717, 1.165) is 26.5 Å². The largest absolute Gasteiger partial charge is 0.496 e. The molecule has 0 spiro atoms. The Bertz CT molecular complexity index is 513. The van der Waals surface area contributed by atoms with E-state index in [1.807, 2.05) is 23.6 Å². The van der Waals surface area contributed by atoms with Gasteiger partial charge in [0.2, 0.25) is 0 Å². The van der Waals surface area contributed by atoms with E-state index >= 15 is 0 Å². The van der Waals surface area contributed by atoms with Gasteiger partial charge in [-0.3, -0.25) is 0 Å². The predicted octanol–water partition coefficient (Wildman–Crippen LogP) is 3.73. The fourth-order valence-electron chi connectivity index (χ4n) is 1.46. The van der Waals surface area contributed by atoms with Crippen LogP contribution in [0.1, 0.15) is 5.01 Å². The van der Waals surface area contributed by atoms with E-state index in [0.29, 0.717) is 6.61 Å². The van der Waals surface area contributed by atoms with E-state index in [-0.39, 0.29) is 0 Å². The molecule has 1 heterocycles. The summed E-state index contributed by atoms with van der Waals surface area (Å²) in [6.07, 6.45) is 0. The maximum atomic E-state index is 5.19. The number of rotatable bonds is 4. The molecule has 0 radical (unpaired) electrons. The Balaban J connectivity index is 2.29. The summed E-state index contributed by atoms with van der Waals surface area (Å²) in [5.74, 6) is 0.820. The molecule has 0 bridgehead atoms. The van der Waals surface area contributed by atoms with E-state index in [4.69, 9.17) is 9.47 Å². The van der Waals surface area contributed by atoms with Gasteiger partial charge in [0.15, 0.2) is 0 Å². The lowest BCUT2D eigenvalue weighted by Crippen LogP contribution is -1.87. The number of hydrogen-bond donors (Lipinski definition) is 0. The van der Waals surface area contributed by atoms with Gasteiger partial charge in [-0.05, 0) is 34.1 Å². The highest BCUT2D eigenvalue weighted by Gasteiger charge is 2.07. The van der Waals surface area contributed by atoms with Crippen molar-refractivity contribution >= 4 is 27.3 Å². The Hall–Kier alpha value is -0.910. The molecule has 0 amide bonds. The molecule has 2 aromatic rings. The van der Waals surface area contributed by atoms with Crippen LogP contribution in [0, 0.1) is 0 Å². The summed E-state index contributed by atoms with van der Waals surface area (Å²) < 4.78 is 11.2. The average molecular weight is 314 g/mol. The van der Waals surface area contributed by atoms with Gasteiger partial charge < -0.3 is 9.47 Å². The second kappa shape index (κ2) is 5.62. The zero-order valence-corrected chi connectivity index (χ0v) is 12.0. The molecule has 0 aliphatic carbocycles. The smallest absolute Gasteiger partial charge is 0.133 e. The number of thiazole rings is 1. The van der Waals surface area contributed by atoms with E-state index in [1.54, 1.807) is 25.6 Å². The molecule has 2 rings (SSSR count). The Morgan fingerprint density at radius 3 is 2.82 bits per heavy atom. The lowest BCUT2D eigenvalue weighted by Gasteiger charge is -2.04. The Labute approximate surface area is 113 Å². The van der Waals surface area contributed by atoms with Crippen molar-refractivity contribution in [2.24, 2.45) is 0 Å². The van der Waals surface area contributed by atoms with Gasteiger partial charge in [0, 0.05) is 18.1 Å². The van der Waals surface area contributed by atoms with Gasteiger partial charge >= 0.3 is 0 Å². The number of ether oxygens (including phenoxy) is 2. The molecule has 0 fully saturated rings. The first kappa shape index (κ1) is 12.5. The number of methoxy groups -OCH3 is 2. The Kier molecular flexibility index (Phi) is 4.15. The molecular weight excluding hydrogens is 302 g/mol. The zero-order chi connectivity index (χ0) is 12.3. The molecule has 0 saturated carbocycles. The van der Waals surface area contributed by atoms with Crippen molar-refractivity contribution in [2.75, 3.05) is 14.2 Å². The van der Waals surface area contributed by atoms with E-state index in [9.17, 15) is 0 Å². The topological polar surface area (TPSA) is 31.4 Å². The minimum absolute atomic E-state index is 0.558. The SMILES string of the molecule is COCc1nc(-c2ccc(OC)c(Br)c2)cs1. The van der Waals surface area contributed by atoms with Crippen LogP contribution in [0.5, 0.6) is 5.75 Å². The summed E-state index contributed by atoms with van der Waals surface area (Å²) in [6.45, 7) is 0.558. The van der Waals surface area contributed by atoms with Crippen molar-refractivity contribution in [3.63, 3.8) is 0 Å². The second-order valence-corrected chi connectivity index (χ2v) is 5.21. The molecule has 5 heteroatoms. The van der Waals surface area contributed by atoms with Crippen molar-refractivity contribution in [3.8, 4) is 17.0 Å². The van der Waals surface area contributed by atoms with Gasteiger partial charge in [0.1, 0.15) is 10.8 Å². The van der Waals surface area contributed by atoms with Gasteiger partial charge in [-0.1, -0.05) is 0 Å². The van der Waals surface area contributed by atoms with Crippen LogP contribution >= 0.6 is 27.3 Å². The monoisotopic (exact) mass is 313 g/mol. The number of aromatic nitrogens is 1. The molecule has 0 unspecified atom stereocenters. The summed E-state index contributed by atoms with van der Waals surface area (Å²) in [5.41, 5.74) is 2.03. The van der Waals surface area contributed by atoms with E-state index < -0.39 is 0 Å². The van der Waals surface area contributed by atoms with Crippen LogP contribution in [-0.2, 0) is 11.3 Å². The van der Waals surface area contributed by atoms with Gasteiger partial charge in [-0.2, -0.15) is 0 Å². The number of nitrogens with zero attached hydrogens (tertiary/aromatic N) is 1. The third kappa shape index (κ3) is 2.86. The molecule has 0 aliphatic heterocycles. The van der Waals surface area contributed by atoms with Crippen molar-refractivity contribution in [2.45, 2.75) is 6.61 Å². The molecule has 3 nitrogen and oxygen atoms in total. The fraction of sp³-hybridized carbons (Fsp3) is 0.250. The summed E-state index contributed by atoms with van der Waals surface area (Å²) in [5, 5.41) is 3.01. The van der Waals surface area contributed by atoms with Crippen molar-refractivity contribution < 1.29 is 9.47 Å². The third-order valence-corrected chi connectivity index (χ3v) is 3.71. The first-order chi connectivity index (χ1) is 8.24. The minimum Gasteiger partial charge on any atom is -0.496 e. The normalized spacial score (nSPS) is 10.5. The Morgan fingerprint density at radius 2 is 2.18 bits per heavy atom. The summed E-state index contributed by atoms with van der Waals surface area (Å²) in [7, 11) is 3.32. The molecule has 0 aliphatic rings. The van der Waals surface area contributed by atoms with Gasteiger partial charge in [0.05, 0.1) is 23.9 Å². The highest BCUT2D eigenvalue weighted by Crippen LogP contribution is 2.31. The van der Waals surface area contributed by atoms with Crippen molar-refractivity contribution in [3.05, 3.63) is 33.1 Å². The van der Waals surface area contributed by atoms with Crippen LogP contribution in [0.2, 0.25) is 0 Å². The van der Waals surface area contributed by atoms with Crippen LogP contribution in [0.3, 0.4) is 0 Å². The van der Waals surface area contributed by atoms with Gasteiger partial charge in [0.25, 0.3) is 0 Å². The number of benzene rings is 1. The minimum atomic E-state index is 0.558. The van der Waals surface area contributed by atoms with Crippen molar-refractivity contribution in [1.29, 1.82) is 0 Å². The van der Waals surface area contributed by atoms with Crippen molar-refractivity contribution in [1.82, 2.24) is 4.98 Å². The third-order valence-electron chi connectivity index (χ3n) is 2.27. The maximum absolute atomic E-state index is 5.19. The molecule has 0 atom stereocenters. The van der Waals surface area contributed by atoms with Crippen LogP contribution in [0.15, 0.2) is 28.1 Å². The highest BCUT2D eigenvalue weighted by molar-refractivity contribution is 9.10. The predicted molar refractivity (Wildman–Crippen MR) is 72.5 cm³/mol. The van der Waals surface area contributed by atoms with E-state index in [2.05, 4.69) is 20.9 Å². The number of halogens is 1. The van der Waals surface area contributed by atoms with Crippen LogP contribution < -0.4 is 4.74 Å². The van der Waals surface area contributed by atoms with Gasteiger partial charge in [-0.25, -0.2) is 4.98 Å². The lowest BCUT2D eigenvalue weighted by molar-refractivity contribution is 0.184. The fourth-order valence-corrected chi connectivity index (χ4v) is 2.77. The molecule has 1 aromatic carbocycles. The van der Waals surface area contributed by atoms with Crippen LogP contribution in [0.25, 0.3) is 11.3 Å². The Morgan fingerprint density at radius 1 is 1.35 bits per heavy atom.